The Hall–Kier alpha value is -1.50. The van der Waals surface area contributed by atoms with E-state index in [9.17, 15) is 0 Å². The zero-order valence-electron chi connectivity index (χ0n) is 10.8. The maximum absolute atomic E-state index is 5.54. The van der Waals surface area contributed by atoms with Gasteiger partial charge in [0, 0.05) is 12.6 Å². The molecule has 0 saturated carbocycles. The molecule has 0 atom stereocenters. The molecule has 6 nitrogen and oxygen atoms in total. The fraction of sp³-hybridized carbons (Fsp3) is 0.538. The zero-order valence-corrected chi connectivity index (χ0v) is 10.8. The van der Waals surface area contributed by atoms with Crippen molar-refractivity contribution in [2.75, 3.05) is 46.4 Å². The van der Waals surface area contributed by atoms with Gasteiger partial charge in [-0.15, -0.1) is 0 Å². The molecule has 1 aromatic carbocycles. The van der Waals surface area contributed by atoms with E-state index in [1.165, 1.54) is 0 Å². The normalized spacial score (nSPS) is 12.7. The number of fused-ring (bicyclic) bond motifs is 1. The number of ether oxygens (including phenoxy) is 5. The lowest BCUT2D eigenvalue weighted by molar-refractivity contribution is 0.0388. The SMILES string of the molecule is NCCOCCOCCOc1ccc2c(c1)OCO2. The van der Waals surface area contributed by atoms with Crippen LogP contribution in [-0.4, -0.2) is 46.4 Å². The van der Waals surface area contributed by atoms with E-state index >= 15 is 0 Å². The van der Waals surface area contributed by atoms with Crippen molar-refractivity contribution in [2.45, 2.75) is 0 Å². The monoisotopic (exact) mass is 269 g/mol. The number of rotatable bonds is 9. The summed E-state index contributed by atoms with van der Waals surface area (Å²) in [5, 5.41) is 0. The smallest absolute Gasteiger partial charge is 0.231 e. The third-order valence-electron chi connectivity index (χ3n) is 2.47. The molecular weight excluding hydrogens is 250 g/mol. The van der Waals surface area contributed by atoms with Crippen molar-refractivity contribution in [1.82, 2.24) is 0 Å². The van der Waals surface area contributed by atoms with Crippen molar-refractivity contribution >= 4 is 0 Å². The third kappa shape index (κ3) is 4.59. The number of nitrogens with two attached hydrogens (primary N) is 1. The second-order valence-corrected chi connectivity index (χ2v) is 3.88. The molecule has 0 radical (unpaired) electrons. The van der Waals surface area contributed by atoms with Crippen LogP contribution in [0.25, 0.3) is 0 Å². The molecule has 0 amide bonds. The lowest BCUT2D eigenvalue weighted by atomic mass is 10.3. The van der Waals surface area contributed by atoms with Gasteiger partial charge >= 0.3 is 0 Å². The maximum atomic E-state index is 5.54. The zero-order chi connectivity index (χ0) is 13.3. The standard InChI is InChI=1S/C13H19NO5/c14-3-4-15-5-6-16-7-8-17-11-1-2-12-13(9-11)19-10-18-12/h1-2,9H,3-8,10,14H2. The van der Waals surface area contributed by atoms with Crippen molar-refractivity contribution in [3.05, 3.63) is 18.2 Å². The van der Waals surface area contributed by atoms with Gasteiger partial charge in [0.05, 0.1) is 26.4 Å². The first-order chi connectivity index (χ1) is 9.40. The van der Waals surface area contributed by atoms with Crippen LogP contribution in [0.2, 0.25) is 0 Å². The molecule has 2 N–H and O–H groups in total. The molecule has 19 heavy (non-hydrogen) atoms. The summed E-state index contributed by atoms with van der Waals surface area (Å²) in [4.78, 5) is 0. The van der Waals surface area contributed by atoms with Gasteiger partial charge in [-0.25, -0.2) is 0 Å². The van der Waals surface area contributed by atoms with Crippen molar-refractivity contribution in [3.63, 3.8) is 0 Å². The van der Waals surface area contributed by atoms with E-state index in [2.05, 4.69) is 0 Å². The molecule has 1 heterocycles. The Bertz CT molecular complexity index is 385. The van der Waals surface area contributed by atoms with Crippen LogP contribution in [-0.2, 0) is 9.47 Å². The number of hydrogen-bond acceptors (Lipinski definition) is 6. The molecule has 2 rings (SSSR count). The van der Waals surface area contributed by atoms with Gasteiger partial charge in [0.15, 0.2) is 11.5 Å². The van der Waals surface area contributed by atoms with Crippen LogP contribution in [0, 0.1) is 0 Å². The lowest BCUT2D eigenvalue weighted by Gasteiger charge is -2.08. The summed E-state index contributed by atoms with van der Waals surface area (Å²) in [6.07, 6.45) is 0. The van der Waals surface area contributed by atoms with Crippen LogP contribution in [0.15, 0.2) is 18.2 Å². The molecule has 0 fully saturated rings. The summed E-state index contributed by atoms with van der Waals surface area (Å²) < 4.78 is 26.5. The van der Waals surface area contributed by atoms with Gasteiger partial charge in [0.1, 0.15) is 12.4 Å². The molecule has 1 aromatic rings. The minimum Gasteiger partial charge on any atom is -0.491 e. The highest BCUT2D eigenvalue weighted by atomic mass is 16.7. The van der Waals surface area contributed by atoms with Crippen LogP contribution in [0.1, 0.15) is 0 Å². The Labute approximate surface area is 112 Å². The lowest BCUT2D eigenvalue weighted by Crippen LogP contribution is -2.14. The molecule has 0 unspecified atom stereocenters. The van der Waals surface area contributed by atoms with Gasteiger partial charge in [-0.3, -0.25) is 0 Å². The largest absolute Gasteiger partial charge is 0.491 e. The highest BCUT2D eigenvalue weighted by Crippen LogP contribution is 2.34. The molecule has 0 aromatic heterocycles. The molecule has 6 heteroatoms. The van der Waals surface area contributed by atoms with E-state index in [1.807, 2.05) is 18.2 Å². The van der Waals surface area contributed by atoms with E-state index < -0.39 is 0 Å². The van der Waals surface area contributed by atoms with Gasteiger partial charge in [-0.05, 0) is 12.1 Å². The Kier molecular flexibility index (Phi) is 5.74. The van der Waals surface area contributed by atoms with Gasteiger partial charge < -0.3 is 29.4 Å². The second kappa shape index (κ2) is 7.83. The fourth-order valence-corrected chi connectivity index (χ4v) is 1.59. The first kappa shape index (κ1) is 13.9. The topological polar surface area (TPSA) is 72.2 Å². The highest BCUT2D eigenvalue weighted by Gasteiger charge is 2.13. The van der Waals surface area contributed by atoms with E-state index in [4.69, 9.17) is 29.4 Å². The minimum absolute atomic E-state index is 0.269. The predicted molar refractivity (Wildman–Crippen MR) is 68.8 cm³/mol. The van der Waals surface area contributed by atoms with Gasteiger partial charge in [0.2, 0.25) is 6.79 Å². The summed E-state index contributed by atoms with van der Waals surface area (Å²) in [7, 11) is 0. The van der Waals surface area contributed by atoms with E-state index in [0.29, 0.717) is 45.3 Å². The van der Waals surface area contributed by atoms with E-state index in [-0.39, 0.29) is 6.79 Å². The molecule has 1 aliphatic rings. The fourth-order valence-electron chi connectivity index (χ4n) is 1.59. The van der Waals surface area contributed by atoms with Gasteiger partial charge in [-0.2, -0.15) is 0 Å². The van der Waals surface area contributed by atoms with Crippen molar-refractivity contribution in [2.24, 2.45) is 5.73 Å². The molecular formula is C13H19NO5. The molecule has 0 spiro atoms. The van der Waals surface area contributed by atoms with Crippen molar-refractivity contribution in [3.8, 4) is 17.2 Å². The van der Waals surface area contributed by atoms with Crippen molar-refractivity contribution < 1.29 is 23.7 Å². The highest BCUT2D eigenvalue weighted by molar-refractivity contribution is 5.46. The predicted octanol–water partition coefficient (Wildman–Crippen LogP) is 0.786. The number of benzene rings is 1. The first-order valence-corrected chi connectivity index (χ1v) is 6.28. The summed E-state index contributed by atoms with van der Waals surface area (Å²) >= 11 is 0. The van der Waals surface area contributed by atoms with E-state index in [0.717, 1.165) is 11.5 Å². The Morgan fingerprint density at radius 2 is 1.68 bits per heavy atom. The summed E-state index contributed by atoms with van der Waals surface area (Å²) in [6, 6.07) is 5.49. The quantitative estimate of drug-likeness (QED) is 0.668. The molecule has 0 aliphatic carbocycles. The Morgan fingerprint density at radius 3 is 2.53 bits per heavy atom. The van der Waals surface area contributed by atoms with Gasteiger partial charge in [0.25, 0.3) is 0 Å². The van der Waals surface area contributed by atoms with E-state index in [1.54, 1.807) is 0 Å². The van der Waals surface area contributed by atoms with Crippen molar-refractivity contribution in [1.29, 1.82) is 0 Å². The third-order valence-corrected chi connectivity index (χ3v) is 2.47. The molecule has 1 aliphatic heterocycles. The van der Waals surface area contributed by atoms with Gasteiger partial charge in [-0.1, -0.05) is 0 Å². The Balaban J connectivity index is 1.56. The van der Waals surface area contributed by atoms with Crippen LogP contribution in [0.3, 0.4) is 0 Å². The summed E-state index contributed by atoms with van der Waals surface area (Å²) in [6.45, 7) is 3.47. The van der Waals surface area contributed by atoms with Crippen LogP contribution >= 0.6 is 0 Å². The maximum Gasteiger partial charge on any atom is 0.231 e. The average molecular weight is 269 g/mol. The minimum atomic E-state index is 0.269. The average Bonchev–Trinajstić information content (AvgIpc) is 2.89. The molecule has 0 bridgehead atoms. The number of hydrogen-bond donors (Lipinski definition) is 1. The summed E-state index contributed by atoms with van der Waals surface area (Å²) in [5.41, 5.74) is 5.29. The summed E-state index contributed by atoms with van der Waals surface area (Å²) in [5.74, 6) is 2.21. The molecule has 106 valence electrons. The van der Waals surface area contributed by atoms with Crippen LogP contribution < -0.4 is 19.9 Å². The first-order valence-electron chi connectivity index (χ1n) is 6.28. The second-order valence-electron chi connectivity index (χ2n) is 3.88. The van der Waals surface area contributed by atoms with Crippen LogP contribution in [0.5, 0.6) is 17.2 Å². The molecule has 0 saturated heterocycles. The van der Waals surface area contributed by atoms with Crippen LogP contribution in [0.4, 0.5) is 0 Å². The Morgan fingerprint density at radius 1 is 0.947 bits per heavy atom.